The Bertz CT molecular complexity index is 599. The number of hydrogen-bond acceptors (Lipinski definition) is 5. The molecule has 1 aliphatic rings. The van der Waals surface area contributed by atoms with Crippen molar-refractivity contribution in [2.75, 3.05) is 44.2 Å². The Balaban J connectivity index is 1.88. The number of amides is 2. The summed E-state index contributed by atoms with van der Waals surface area (Å²) in [6.07, 6.45) is -0.868. The average molecular weight is 377 g/mol. The van der Waals surface area contributed by atoms with E-state index in [2.05, 4.69) is 4.90 Å². The zero-order chi connectivity index (χ0) is 19.8. The zero-order valence-electron chi connectivity index (χ0n) is 16.8. The van der Waals surface area contributed by atoms with Crippen molar-refractivity contribution in [1.29, 1.82) is 0 Å². The van der Waals surface area contributed by atoms with Crippen LogP contribution in [0, 0.1) is 0 Å². The highest BCUT2D eigenvalue weighted by Crippen LogP contribution is 2.16. The van der Waals surface area contributed by atoms with Gasteiger partial charge in [0.15, 0.2) is 0 Å². The zero-order valence-corrected chi connectivity index (χ0v) is 16.8. The topological polar surface area (TPSA) is 62.3 Å². The molecule has 7 heteroatoms. The van der Waals surface area contributed by atoms with E-state index >= 15 is 0 Å². The number of anilines is 1. The summed E-state index contributed by atoms with van der Waals surface area (Å²) in [6.45, 7) is 11.4. The normalized spacial score (nSPS) is 15.1. The van der Waals surface area contributed by atoms with Crippen molar-refractivity contribution >= 4 is 17.9 Å². The molecule has 0 N–H and O–H groups in total. The first-order valence-electron chi connectivity index (χ1n) is 9.58. The highest BCUT2D eigenvalue weighted by atomic mass is 16.6. The van der Waals surface area contributed by atoms with Crippen LogP contribution in [0.15, 0.2) is 30.3 Å². The molecular formula is C20H31N3O4. The fourth-order valence-corrected chi connectivity index (χ4v) is 2.87. The largest absolute Gasteiger partial charge is 0.447 e. The molecule has 1 fully saturated rings. The lowest BCUT2D eigenvalue weighted by Crippen LogP contribution is -2.51. The summed E-state index contributed by atoms with van der Waals surface area (Å²) in [6, 6.07) is 9.54. The molecule has 0 radical (unpaired) electrons. The van der Waals surface area contributed by atoms with Crippen LogP contribution in [0.25, 0.3) is 0 Å². The minimum Gasteiger partial charge on any atom is -0.447 e. The maximum atomic E-state index is 12.5. The van der Waals surface area contributed by atoms with E-state index in [1.807, 2.05) is 58.0 Å². The van der Waals surface area contributed by atoms with Crippen molar-refractivity contribution in [3.05, 3.63) is 30.3 Å². The van der Waals surface area contributed by atoms with Gasteiger partial charge in [-0.3, -0.25) is 9.80 Å². The number of piperazine rings is 1. The van der Waals surface area contributed by atoms with E-state index in [0.29, 0.717) is 19.6 Å². The predicted molar refractivity (Wildman–Crippen MR) is 105 cm³/mol. The molecule has 0 spiro atoms. The standard InChI is InChI=1S/C20H31N3O4/c1-16(2)26-19(24)22-13-10-21(11-14-22)12-15-23(20(25)27-17(3)4)18-8-6-5-7-9-18/h5-9,16-17H,10-15H2,1-4H3. The van der Waals surface area contributed by atoms with E-state index in [1.54, 1.807) is 9.80 Å². The lowest BCUT2D eigenvalue weighted by Gasteiger charge is -2.35. The van der Waals surface area contributed by atoms with Crippen LogP contribution < -0.4 is 4.90 Å². The van der Waals surface area contributed by atoms with Crippen LogP contribution in [0.4, 0.5) is 15.3 Å². The maximum absolute atomic E-state index is 12.5. The van der Waals surface area contributed by atoms with Crippen molar-refractivity contribution in [1.82, 2.24) is 9.80 Å². The molecule has 0 saturated carbocycles. The second-order valence-corrected chi connectivity index (χ2v) is 7.18. The van der Waals surface area contributed by atoms with Crippen LogP contribution in [0.3, 0.4) is 0 Å². The summed E-state index contributed by atoms with van der Waals surface area (Å²) in [7, 11) is 0. The van der Waals surface area contributed by atoms with E-state index in [0.717, 1.165) is 25.3 Å². The molecule has 150 valence electrons. The third-order valence-corrected chi connectivity index (χ3v) is 4.23. The van der Waals surface area contributed by atoms with Gasteiger partial charge < -0.3 is 14.4 Å². The van der Waals surface area contributed by atoms with Crippen molar-refractivity contribution in [2.45, 2.75) is 39.9 Å². The quantitative estimate of drug-likeness (QED) is 0.762. The Hall–Kier alpha value is -2.28. The lowest BCUT2D eigenvalue weighted by atomic mass is 10.3. The number of rotatable bonds is 6. The van der Waals surface area contributed by atoms with Gasteiger partial charge in [-0.15, -0.1) is 0 Å². The lowest BCUT2D eigenvalue weighted by molar-refractivity contribution is 0.0576. The summed E-state index contributed by atoms with van der Waals surface area (Å²) in [5.41, 5.74) is 0.822. The van der Waals surface area contributed by atoms with Gasteiger partial charge in [0.2, 0.25) is 0 Å². The smallest absolute Gasteiger partial charge is 0.414 e. The summed E-state index contributed by atoms with van der Waals surface area (Å²) < 4.78 is 10.6. The Labute approximate surface area is 161 Å². The number of ether oxygens (including phenoxy) is 2. The van der Waals surface area contributed by atoms with Gasteiger partial charge >= 0.3 is 12.2 Å². The first-order chi connectivity index (χ1) is 12.9. The third-order valence-electron chi connectivity index (χ3n) is 4.23. The second-order valence-electron chi connectivity index (χ2n) is 7.18. The van der Waals surface area contributed by atoms with Gasteiger partial charge in [0, 0.05) is 45.0 Å². The summed E-state index contributed by atoms with van der Waals surface area (Å²) >= 11 is 0. The molecule has 0 aliphatic carbocycles. The van der Waals surface area contributed by atoms with E-state index in [9.17, 15) is 9.59 Å². The highest BCUT2D eigenvalue weighted by Gasteiger charge is 2.24. The maximum Gasteiger partial charge on any atom is 0.414 e. The molecule has 2 rings (SSSR count). The van der Waals surface area contributed by atoms with Crippen LogP contribution in [0.1, 0.15) is 27.7 Å². The number of carbonyl (C=O) groups excluding carboxylic acids is 2. The first-order valence-corrected chi connectivity index (χ1v) is 9.58. The Morgan fingerprint density at radius 1 is 0.963 bits per heavy atom. The van der Waals surface area contributed by atoms with E-state index < -0.39 is 0 Å². The van der Waals surface area contributed by atoms with Crippen molar-refractivity contribution in [2.24, 2.45) is 0 Å². The minimum atomic E-state index is -0.338. The molecule has 0 atom stereocenters. The van der Waals surface area contributed by atoms with Crippen molar-refractivity contribution < 1.29 is 19.1 Å². The third kappa shape index (κ3) is 6.75. The van der Waals surface area contributed by atoms with Gasteiger partial charge in [-0.1, -0.05) is 18.2 Å². The molecule has 1 aromatic carbocycles. The van der Waals surface area contributed by atoms with E-state index in [-0.39, 0.29) is 24.4 Å². The Kier molecular flexibility index (Phi) is 7.91. The number of benzene rings is 1. The molecule has 2 amide bonds. The molecule has 0 unspecified atom stereocenters. The Morgan fingerprint density at radius 3 is 2.11 bits per heavy atom. The van der Waals surface area contributed by atoms with Gasteiger partial charge in [0.25, 0.3) is 0 Å². The number of hydrogen-bond donors (Lipinski definition) is 0. The van der Waals surface area contributed by atoms with Crippen LogP contribution in [0.2, 0.25) is 0 Å². The fourth-order valence-electron chi connectivity index (χ4n) is 2.87. The summed E-state index contributed by atoms with van der Waals surface area (Å²) in [4.78, 5) is 30.1. The molecule has 1 saturated heterocycles. The number of carbonyl (C=O) groups is 2. The van der Waals surface area contributed by atoms with E-state index in [1.165, 1.54) is 0 Å². The van der Waals surface area contributed by atoms with Crippen LogP contribution in [0.5, 0.6) is 0 Å². The predicted octanol–water partition coefficient (Wildman–Crippen LogP) is 3.20. The van der Waals surface area contributed by atoms with Gasteiger partial charge in [-0.25, -0.2) is 9.59 Å². The summed E-state index contributed by atoms with van der Waals surface area (Å²) in [5.74, 6) is 0. The molecular weight excluding hydrogens is 346 g/mol. The van der Waals surface area contributed by atoms with Crippen LogP contribution in [-0.2, 0) is 9.47 Å². The monoisotopic (exact) mass is 377 g/mol. The molecule has 1 aromatic rings. The summed E-state index contributed by atoms with van der Waals surface area (Å²) in [5, 5.41) is 0. The average Bonchev–Trinajstić information content (AvgIpc) is 2.62. The number of nitrogens with zero attached hydrogens (tertiary/aromatic N) is 3. The second kappa shape index (κ2) is 10.2. The SMILES string of the molecule is CC(C)OC(=O)N1CCN(CCN(C(=O)OC(C)C)c2ccccc2)CC1. The first kappa shape index (κ1) is 21.0. The van der Waals surface area contributed by atoms with Gasteiger partial charge in [-0.2, -0.15) is 0 Å². The highest BCUT2D eigenvalue weighted by molar-refractivity contribution is 5.87. The molecule has 1 aliphatic heterocycles. The number of para-hydroxylation sites is 1. The molecule has 7 nitrogen and oxygen atoms in total. The van der Waals surface area contributed by atoms with Gasteiger partial charge in [0.05, 0.1) is 12.2 Å². The molecule has 1 heterocycles. The van der Waals surface area contributed by atoms with Crippen LogP contribution in [-0.4, -0.2) is 73.5 Å². The van der Waals surface area contributed by atoms with Crippen molar-refractivity contribution in [3.8, 4) is 0 Å². The van der Waals surface area contributed by atoms with Gasteiger partial charge in [-0.05, 0) is 39.8 Å². The van der Waals surface area contributed by atoms with Crippen LogP contribution >= 0.6 is 0 Å². The molecule has 27 heavy (non-hydrogen) atoms. The van der Waals surface area contributed by atoms with Gasteiger partial charge in [0.1, 0.15) is 0 Å². The van der Waals surface area contributed by atoms with Crippen molar-refractivity contribution in [3.63, 3.8) is 0 Å². The minimum absolute atomic E-state index is 0.109. The Morgan fingerprint density at radius 2 is 1.56 bits per heavy atom. The molecule has 0 aromatic heterocycles. The van der Waals surface area contributed by atoms with E-state index in [4.69, 9.17) is 9.47 Å². The molecule has 0 bridgehead atoms. The fraction of sp³-hybridized carbons (Fsp3) is 0.600.